The number of para-hydroxylation sites is 1. The second-order valence-electron chi connectivity index (χ2n) is 4.50. The highest BCUT2D eigenvalue weighted by molar-refractivity contribution is 5.98. The minimum absolute atomic E-state index is 0.328. The van der Waals surface area contributed by atoms with Crippen molar-refractivity contribution in [1.82, 2.24) is 10.4 Å². The molecule has 5 nitrogen and oxygen atoms in total. The number of hydrogen-bond acceptors (Lipinski definition) is 4. The highest BCUT2D eigenvalue weighted by Crippen LogP contribution is 2.14. The molecule has 0 atom stereocenters. The van der Waals surface area contributed by atoms with Gasteiger partial charge in [0.2, 0.25) is 0 Å². The Balaban J connectivity index is 1.67. The molecule has 108 valence electrons. The third kappa shape index (κ3) is 3.27. The predicted molar refractivity (Wildman–Crippen MR) is 85.2 cm³/mol. The van der Waals surface area contributed by atoms with Crippen molar-refractivity contribution in [3.8, 4) is 0 Å². The van der Waals surface area contributed by atoms with E-state index in [-0.39, 0.29) is 5.91 Å². The SMILES string of the molecule is O=C(/C=C/c1ccco1)N/N=C/c1ccnc2ccccc12. The molecular weight excluding hydrogens is 278 g/mol. The molecule has 1 amide bonds. The maximum atomic E-state index is 11.6. The fraction of sp³-hybridized carbons (Fsp3) is 0. The van der Waals surface area contributed by atoms with E-state index in [0.29, 0.717) is 5.76 Å². The molecule has 2 aromatic heterocycles. The van der Waals surface area contributed by atoms with Gasteiger partial charge in [0, 0.05) is 23.2 Å². The van der Waals surface area contributed by atoms with Crippen LogP contribution in [0.2, 0.25) is 0 Å². The topological polar surface area (TPSA) is 67.5 Å². The first-order valence-electron chi connectivity index (χ1n) is 6.71. The molecule has 5 heteroatoms. The number of hydrogen-bond donors (Lipinski definition) is 1. The number of furan rings is 1. The van der Waals surface area contributed by atoms with Crippen molar-refractivity contribution in [2.45, 2.75) is 0 Å². The van der Waals surface area contributed by atoms with E-state index in [1.54, 1.807) is 36.9 Å². The van der Waals surface area contributed by atoms with Gasteiger partial charge in [-0.25, -0.2) is 5.43 Å². The molecule has 0 radical (unpaired) electrons. The van der Waals surface area contributed by atoms with E-state index >= 15 is 0 Å². The average molecular weight is 291 g/mol. The fourth-order valence-electron chi connectivity index (χ4n) is 1.98. The maximum Gasteiger partial charge on any atom is 0.264 e. The van der Waals surface area contributed by atoms with Gasteiger partial charge in [-0.05, 0) is 30.3 Å². The lowest BCUT2D eigenvalue weighted by Gasteiger charge is -2.00. The molecule has 0 saturated heterocycles. The zero-order valence-corrected chi connectivity index (χ0v) is 11.6. The van der Waals surface area contributed by atoms with Crippen LogP contribution in [0.3, 0.4) is 0 Å². The molecule has 0 bridgehead atoms. The summed E-state index contributed by atoms with van der Waals surface area (Å²) in [7, 11) is 0. The first kappa shape index (κ1) is 13.8. The van der Waals surface area contributed by atoms with Gasteiger partial charge in [0.05, 0.1) is 18.0 Å². The number of carbonyl (C=O) groups excluding carboxylic acids is 1. The Labute approximate surface area is 127 Å². The minimum Gasteiger partial charge on any atom is -0.465 e. The van der Waals surface area contributed by atoms with E-state index in [1.807, 2.05) is 30.3 Å². The number of nitrogens with zero attached hydrogens (tertiary/aromatic N) is 2. The number of carbonyl (C=O) groups is 1. The molecule has 1 N–H and O–H groups in total. The minimum atomic E-state index is -0.328. The first-order valence-corrected chi connectivity index (χ1v) is 6.71. The van der Waals surface area contributed by atoms with Gasteiger partial charge < -0.3 is 4.42 Å². The van der Waals surface area contributed by atoms with Gasteiger partial charge in [0.1, 0.15) is 5.76 Å². The molecular formula is C17H13N3O2. The molecule has 0 fully saturated rings. The van der Waals surface area contributed by atoms with Crippen LogP contribution < -0.4 is 5.43 Å². The van der Waals surface area contributed by atoms with Crippen LogP contribution in [0, 0.1) is 0 Å². The second-order valence-corrected chi connectivity index (χ2v) is 4.50. The standard InChI is InChI=1S/C17H13N3O2/c21-17(8-7-14-4-3-11-22-14)20-19-12-13-9-10-18-16-6-2-1-5-15(13)16/h1-12H,(H,20,21)/b8-7+,19-12+. The molecule has 0 unspecified atom stereocenters. The van der Waals surface area contributed by atoms with Crippen molar-refractivity contribution in [3.05, 3.63) is 72.3 Å². The number of rotatable bonds is 4. The van der Waals surface area contributed by atoms with Crippen molar-refractivity contribution in [3.63, 3.8) is 0 Å². The number of hydrazone groups is 1. The van der Waals surface area contributed by atoms with Crippen molar-refractivity contribution in [2.24, 2.45) is 5.10 Å². The second kappa shape index (κ2) is 6.49. The number of aromatic nitrogens is 1. The van der Waals surface area contributed by atoms with Crippen LogP contribution in [0.1, 0.15) is 11.3 Å². The molecule has 22 heavy (non-hydrogen) atoms. The Morgan fingerprint density at radius 2 is 2.09 bits per heavy atom. The molecule has 2 heterocycles. The van der Waals surface area contributed by atoms with E-state index in [0.717, 1.165) is 16.5 Å². The highest BCUT2D eigenvalue weighted by atomic mass is 16.3. The van der Waals surface area contributed by atoms with Crippen LogP contribution in [0.15, 0.2) is 70.5 Å². The fourth-order valence-corrected chi connectivity index (χ4v) is 1.98. The van der Waals surface area contributed by atoms with Gasteiger partial charge in [-0.1, -0.05) is 18.2 Å². The molecule has 0 aliphatic heterocycles. The number of benzene rings is 1. The Kier molecular flexibility index (Phi) is 4.06. The van der Waals surface area contributed by atoms with Crippen molar-refractivity contribution < 1.29 is 9.21 Å². The van der Waals surface area contributed by atoms with Crippen LogP contribution in [0.25, 0.3) is 17.0 Å². The first-order chi connectivity index (χ1) is 10.8. The lowest BCUT2D eigenvalue weighted by molar-refractivity contribution is -0.116. The number of nitrogens with one attached hydrogen (secondary N) is 1. The summed E-state index contributed by atoms with van der Waals surface area (Å²) in [5.74, 6) is 0.283. The lowest BCUT2D eigenvalue weighted by Crippen LogP contribution is -2.14. The summed E-state index contributed by atoms with van der Waals surface area (Å²) >= 11 is 0. The van der Waals surface area contributed by atoms with E-state index in [4.69, 9.17) is 4.42 Å². The monoisotopic (exact) mass is 291 g/mol. The van der Waals surface area contributed by atoms with Crippen LogP contribution >= 0.6 is 0 Å². The zero-order valence-electron chi connectivity index (χ0n) is 11.6. The van der Waals surface area contributed by atoms with E-state index in [2.05, 4.69) is 15.5 Å². The van der Waals surface area contributed by atoms with E-state index in [9.17, 15) is 4.79 Å². The summed E-state index contributed by atoms with van der Waals surface area (Å²) in [5, 5.41) is 4.94. The van der Waals surface area contributed by atoms with Crippen LogP contribution in [0.5, 0.6) is 0 Å². The van der Waals surface area contributed by atoms with Crippen molar-refractivity contribution in [2.75, 3.05) is 0 Å². The molecule has 0 aliphatic rings. The molecule has 1 aromatic carbocycles. The van der Waals surface area contributed by atoms with Gasteiger partial charge >= 0.3 is 0 Å². The van der Waals surface area contributed by atoms with Crippen molar-refractivity contribution >= 4 is 29.1 Å². The van der Waals surface area contributed by atoms with Gasteiger partial charge in [-0.2, -0.15) is 5.10 Å². The molecule has 0 saturated carbocycles. The number of pyridine rings is 1. The normalized spacial score (nSPS) is 11.5. The Bertz CT molecular complexity index is 831. The lowest BCUT2D eigenvalue weighted by atomic mass is 10.1. The third-order valence-electron chi connectivity index (χ3n) is 3.00. The Morgan fingerprint density at radius 1 is 1.18 bits per heavy atom. The summed E-state index contributed by atoms with van der Waals surface area (Å²) in [5.41, 5.74) is 4.21. The summed E-state index contributed by atoms with van der Waals surface area (Å²) in [4.78, 5) is 15.9. The Morgan fingerprint density at radius 3 is 2.95 bits per heavy atom. The summed E-state index contributed by atoms with van der Waals surface area (Å²) in [6.07, 6.45) is 7.79. The highest BCUT2D eigenvalue weighted by Gasteiger charge is 1.98. The molecule has 0 aliphatic carbocycles. The quantitative estimate of drug-likeness (QED) is 0.456. The van der Waals surface area contributed by atoms with Gasteiger partial charge in [0.25, 0.3) is 5.91 Å². The zero-order chi connectivity index (χ0) is 15.2. The molecule has 3 rings (SSSR count). The van der Waals surface area contributed by atoms with Crippen LogP contribution in [-0.4, -0.2) is 17.1 Å². The number of amides is 1. The maximum absolute atomic E-state index is 11.6. The third-order valence-corrected chi connectivity index (χ3v) is 3.00. The van der Waals surface area contributed by atoms with E-state index < -0.39 is 0 Å². The van der Waals surface area contributed by atoms with Gasteiger partial charge in [-0.3, -0.25) is 9.78 Å². The average Bonchev–Trinajstić information content (AvgIpc) is 3.07. The Hall–Kier alpha value is -3.21. The number of fused-ring (bicyclic) bond motifs is 1. The largest absolute Gasteiger partial charge is 0.465 e. The van der Waals surface area contributed by atoms with Gasteiger partial charge in [0.15, 0.2) is 0 Å². The smallest absolute Gasteiger partial charge is 0.264 e. The summed E-state index contributed by atoms with van der Waals surface area (Å²) in [6.45, 7) is 0. The van der Waals surface area contributed by atoms with Crippen LogP contribution in [0.4, 0.5) is 0 Å². The summed E-state index contributed by atoms with van der Waals surface area (Å²) in [6, 6.07) is 13.1. The van der Waals surface area contributed by atoms with Crippen LogP contribution in [-0.2, 0) is 4.79 Å². The molecule has 0 spiro atoms. The molecule has 3 aromatic rings. The van der Waals surface area contributed by atoms with Gasteiger partial charge in [-0.15, -0.1) is 0 Å². The van der Waals surface area contributed by atoms with E-state index in [1.165, 1.54) is 6.08 Å². The van der Waals surface area contributed by atoms with Crippen molar-refractivity contribution in [1.29, 1.82) is 0 Å². The summed E-state index contributed by atoms with van der Waals surface area (Å²) < 4.78 is 5.09. The predicted octanol–water partition coefficient (Wildman–Crippen LogP) is 2.99.